The molecule has 0 amide bonds. The molecule has 2 unspecified atom stereocenters. The SMILES string of the molecule is CC(O)C(C)SCc1ccc(F)c(C#CCCO)c1. The average Bonchev–Trinajstić information content (AvgIpc) is 2.39. The smallest absolute Gasteiger partial charge is 0.138 e. The van der Waals surface area contributed by atoms with Crippen LogP contribution in [0.2, 0.25) is 0 Å². The van der Waals surface area contributed by atoms with Crippen molar-refractivity contribution in [2.75, 3.05) is 6.61 Å². The lowest BCUT2D eigenvalue weighted by Gasteiger charge is -2.14. The van der Waals surface area contributed by atoms with Crippen LogP contribution >= 0.6 is 11.8 Å². The predicted octanol–water partition coefficient (Wildman–Crippen LogP) is 2.56. The molecule has 0 saturated heterocycles. The Morgan fingerprint density at radius 3 is 2.74 bits per heavy atom. The molecule has 4 heteroatoms. The van der Waals surface area contributed by atoms with Crippen molar-refractivity contribution in [2.45, 2.75) is 37.4 Å². The fourth-order valence-electron chi connectivity index (χ4n) is 1.34. The van der Waals surface area contributed by atoms with Crippen LogP contribution < -0.4 is 0 Å². The molecule has 2 atom stereocenters. The first-order chi connectivity index (χ1) is 9.04. The highest BCUT2D eigenvalue weighted by atomic mass is 32.2. The second kappa shape index (κ2) is 8.21. The Morgan fingerprint density at radius 2 is 2.11 bits per heavy atom. The fourth-order valence-corrected chi connectivity index (χ4v) is 2.25. The van der Waals surface area contributed by atoms with E-state index in [0.717, 1.165) is 5.56 Å². The number of thioether (sulfide) groups is 1. The maximum Gasteiger partial charge on any atom is 0.138 e. The van der Waals surface area contributed by atoms with Gasteiger partial charge in [0.15, 0.2) is 0 Å². The van der Waals surface area contributed by atoms with Gasteiger partial charge in [-0.15, -0.1) is 0 Å². The topological polar surface area (TPSA) is 40.5 Å². The van der Waals surface area contributed by atoms with Crippen LogP contribution in [0.25, 0.3) is 0 Å². The fraction of sp³-hybridized carbons (Fsp3) is 0.467. The Balaban J connectivity index is 2.71. The normalized spacial score (nSPS) is 13.5. The molecule has 0 aliphatic carbocycles. The largest absolute Gasteiger partial charge is 0.395 e. The Morgan fingerprint density at radius 1 is 1.37 bits per heavy atom. The molecule has 2 nitrogen and oxygen atoms in total. The van der Waals surface area contributed by atoms with E-state index in [9.17, 15) is 9.50 Å². The molecule has 104 valence electrons. The van der Waals surface area contributed by atoms with Gasteiger partial charge < -0.3 is 10.2 Å². The van der Waals surface area contributed by atoms with E-state index in [0.29, 0.717) is 17.7 Å². The minimum atomic E-state index is -0.366. The summed E-state index contributed by atoms with van der Waals surface area (Å²) in [5, 5.41) is 18.2. The Hall–Kier alpha value is -1.02. The van der Waals surface area contributed by atoms with Gasteiger partial charge in [0.05, 0.1) is 18.3 Å². The van der Waals surface area contributed by atoms with E-state index in [1.165, 1.54) is 6.07 Å². The van der Waals surface area contributed by atoms with Crippen molar-refractivity contribution in [2.24, 2.45) is 0 Å². The zero-order valence-electron chi connectivity index (χ0n) is 11.2. The lowest BCUT2D eigenvalue weighted by Crippen LogP contribution is -2.15. The first-order valence-electron chi connectivity index (χ1n) is 6.22. The summed E-state index contributed by atoms with van der Waals surface area (Å²) in [5.74, 6) is 5.80. The van der Waals surface area contributed by atoms with E-state index < -0.39 is 0 Å². The third kappa shape index (κ3) is 5.65. The van der Waals surface area contributed by atoms with Crippen molar-refractivity contribution in [3.63, 3.8) is 0 Å². The van der Waals surface area contributed by atoms with Crippen LogP contribution in [0.1, 0.15) is 31.4 Å². The number of aliphatic hydroxyl groups is 2. The molecule has 19 heavy (non-hydrogen) atoms. The molecular formula is C15H19FO2S. The molecule has 1 rings (SSSR count). The second-order valence-corrected chi connectivity index (χ2v) is 5.71. The molecule has 0 heterocycles. The lowest BCUT2D eigenvalue weighted by atomic mass is 10.1. The van der Waals surface area contributed by atoms with Crippen LogP contribution in [-0.4, -0.2) is 28.2 Å². The van der Waals surface area contributed by atoms with Crippen LogP contribution in [-0.2, 0) is 5.75 Å². The van der Waals surface area contributed by atoms with Crippen molar-refractivity contribution in [1.82, 2.24) is 0 Å². The van der Waals surface area contributed by atoms with E-state index >= 15 is 0 Å². The summed E-state index contributed by atoms with van der Waals surface area (Å²) in [5.41, 5.74) is 1.34. The van der Waals surface area contributed by atoms with Gasteiger partial charge >= 0.3 is 0 Å². The van der Waals surface area contributed by atoms with E-state index in [4.69, 9.17) is 5.11 Å². The number of aliphatic hydroxyl groups excluding tert-OH is 2. The van der Waals surface area contributed by atoms with Gasteiger partial charge in [0.2, 0.25) is 0 Å². The summed E-state index contributed by atoms with van der Waals surface area (Å²) in [4.78, 5) is 0. The van der Waals surface area contributed by atoms with E-state index in [1.54, 1.807) is 30.8 Å². The summed E-state index contributed by atoms with van der Waals surface area (Å²) >= 11 is 1.62. The van der Waals surface area contributed by atoms with Crippen molar-refractivity contribution in [3.8, 4) is 11.8 Å². The number of rotatable bonds is 5. The molecular weight excluding hydrogens is 263 g/mol. The molecule has 0 fully saturated rings. The zero-order valence-corrected chi connectivity index (χ0v) is 12.0. The highest BCUT2D eigenvalue weighted by Crippen LogP contribution is 2.21. The minimum Gasteiger partial charge on any atom is -0.395 e. The molecule has 0 radical (unpaired) electrons. The third-order valence-electron chi connectivity index (χ3n) is 2.68. The summed E-state index contributed by atoms with van der Waals surface area (Å²) in [6.07, 6.45) is -0.0217. The Bertz CT molecular complexity index is 463. The van der Waals surface area contributed by atoms with Gasteiger partial charge in [-0.05, 0) is 24.6 Å². The highest BCUT2D eigenvalue weighted by Gasteiger charge is 2.09. The molecule has 0 aliphatic rings. The van der Waals surface area contributed by atoms with Gasteiger partial charge in [-0.25, -0.2) is 4.39 Å². The van der Waals surface area contributed by atoms with Gasteiger partial charge in [-0.2, -0.15) is 11.8 Å². The molecule has 0 spiro atoms. The van der Waals surface area contributed by atoms with E-state index in [1.807, 2.05) is 6.92 Å². The summed E-state index contributed by atoms with van der Waals surface area (Å²) in [6, 6.07) is 4.86. The molecule has 2 N–H and O–H groups in total. The van der Waals surface area contributed by atoms with Crippen LogP contribution in [0, 0.1) is 17.7 Å². The van der Waals surface area contributed by atoms with E-state index in [-0.39, 0.29) is 23.8 Å². The van der Waals surface area contributed by atoms with Crippen LogP contribution in [0.5, 0.6) is 0 Å². The molecule has 0 bridgehead atoms. The minimum absolute atomic E-state index is 0.0178. The van der Waals surface area contributed by atoms with Crippen LogP contribution in [0.3, 0.4) is 0 Å². The molecule has 1 aromatic carbocycles. The Kier molecular flexibility index (Phi) is 6.93. The zero-order chi connectivity index (χ0) is 14.3. The molecule has 1 aromatic rings. The summed E-state index contributed by atoms with van der Waals surface area (Å²) in [6.45, 7) is 3.70. The maximum absolute atomic E-state index is 13.5. The summed E-state index contributed by atoms with van der Waals surface area (Å²) < 4.78 is 13.5. The van der Waals surface area contributed by atoms with Crippen LogP contribution in [0.4, 0.5) is 4.39 Å². The Labute approximate surface area is 118 Å². The number of hydrogen-bond donors (Lipinski definition) is 2. The van der Waals surface area contributed by atoms with Gasteiger partial charge in [0, 0.05) is 17.4 Å². The standard InChI is InChI=1S/C15H19FO2S/c1-11(18)12(2)19-10-13-6-7-15(16)14(9-13)5-3-4-8-17/h6-7,9,11-12,17-18H,4,8,10H2,1-2H3. The second-order valence-electron chi connectivity index (χ2n) is 4.35. The van der Waals surface area contributed by atoms with Gasteiger partial charge in [0.1, 0.15) is 5.82 Å². The number of halogens is 1. The van der Waals surface area contributed by atoms with E-state index in [2.05, 4.69) is 11.8 Å². The van der Waals surface area contributed by atoms with Gasteiger partial charge in [-0.3, -0.25) is 0 Å². The first kappa shape index (κ1) is 16.0. The predicted molar refractivity (Wildman–Crippen MR) is 77.4 cm³/mol. The molecule has 0 saturated carbocycles. The lowest BCUT2D eigenvalue weighted by molar-refractivity contribution is 0.196. The van der Waals surface area contributed by atoms with Crippen molar-refractivity contribution in [1.29, 1.82) is 0 Å². The average molecular weight is 282 g/mol. The van der Waals surface area contributed by atoms with Crippen molar-refractivity contribution in [3.05, 3.63) is 35.1 Å². The number of hydrogen-bond acceptors (Lipinski definition) is 3. The first-order valence-corrected chi connectivity index (χ1v) is 7.27. The molecule has 0 aromatic heterocycles. The summed E-state index contributed by atoms with van der Waals surface area (Å²) in [7, 11) is 0. The monoisotopic (exact) mass is 282 g/mol. The maximum atomic E-state index is 13.5. The van der Waals surface area contributed by atoms with Gasteiger partial charge in [-0.1, -0.05) is 24.8 Å². The molecule has 0 aliphatic heterocycles. The van der Waals surface area contributed by atoms with Crippen LogP contribution in [0.15, 0.2) is 18.2 Å². The number of benzene rings is 1. The third-order valence-corrected chi connectivity index (χ3v) is 4.10. The highest BCUT2D eigenvalue weighted by molar-refractivity contribution is 7.99. The van der Waals surface area contributed by atoms with Crippen molar-refractivity contribution < 1.29 is 14.6 Å². The van der Waals surface area contributed by atoms with Crippen molar-refractivity contribution >= 4 is 11.8 Å². The van der Waals surface area contributed by atoms with Gasteiger partial charge in [0.25, 0.3) is 0 Å². The quantitative estimate of drug-likeness (QED) is 0.816.